The molecule has 2 rings (SSSR count). The van der Waals surface area contributed by atoms with Crippen LogP contribution in [0, 0.1) is 0 Å². The highest BCUT2D eigenvalue weighted by Crippen LogP contribution is 2.41. The van der Waals surface area contributed by atoms with Gasteiger partial charge in [-0.15, -0.1) is 13.2 Å². The van der Waals surface area contributed by atoms with Gasteiger partial charge in [0.25, 0.3) is 0 Å². The fourth-order valence-electron chi connectivity index (χ4n) is 3.90. The van der Waals surface area contributed by atoms with E-state index in [1.54, 1.807) is 0 Å². The molecule has 2 nitrogen and oxygen atoms in total. The number of hydrogen-bond acceptors (Lipinski definition) is 2. The third kappa shape index (κ3) is 5.53. The molecular weight excluding hydrogens is 376 g/mol. The molecule has 0 aliphatic rings. The predicted molar refractivity (Wildman–Crippen MR) is 139 cm³/mol. The molecule has 1 unspecified atom stereocenters. The average molecular weight is 413 g/mol. The number of hydrogen-bond donors (Lipinski definition) is 1. The van der Waals surface area contributed by atoms with Gasteiger partial charge in [0.1, 0.15) is 0 Å². The van der Waals surface area contributed by atoms with Gasteiger partial charge in [-0.2, -0.15) is 0 Å². The van der Waals surface area contributed by atoms with Gasteiger partial charge < -0.3 is 5.01 Å². The van der Waals surface area contributed by atoms with Crippen LogP contribution in [0.2, 0.25) is 0 Å². The van der Waals surface area contributed by atoms with E-state index in [4.69, 9.17) is 0 Å². The van der Waals surface area contributed by atoms with Crippen LogP contribution in [0.25, 0.3) is 11.6 Å². The largest absolute Gasteiger partial charge is 0.311 e. The fraction of sp³-hybridized carbons (Fsp3) is 0.241. The summed E-state index contributed by atoms with van der Waals surface area (Å²) < 4.78 is 0. The Kier molecular flexibility index (Phi) is 8.41. The number of benzene rings is 2. The van der Waals surface area contributed by atoms with E-state index >= 15 is 0 Å². The van der Waals surface area contributed by atoms with E-state index in [-0.39, 0.29) is 5.41 Å². The molecule has 0 aliphatic carbocycles. The molecule has 1 atom stereocenters. The third-order valence-electron chi connectivity index (χ3n) is 5.71. The first-order chi connectivity index (χ1) is 14.8. The summed E-state index contributed by atoms with van der Waals surface area (Å²) in [6.45, 7) is 23.3. The van der Waals surface area contributed by atoms with Gasteiger partial charge in [-0.3, -0.25) is 0 Å². The molecule has 2 aromatic rings. The molecule has 0 aromatic heterocycles. The summed E-state index contributed by atoms with van der Waals surface area (Å²) in [4.78, 5) is 0. The number of nitrogens with one attached hydrogen (secondary N) is 1. The Hall–Kier alpha value is -3.10. The molecular formula is C29H36N2. The summed E-state index contributed by atoms with van der Waals surface area (Å²) >= 11 is 0. The van der Waals surface area contributed by atoms with Gasteiger partial charge >= 0.3 is 0 Å². The minimum Gasteiger partial charge on any atom is -0.311 e. The number of hydrazine groups is 1. The Balaban J connectivity index is 2.37. The van der Waals surface area contributed by atoms with Crippen LogP contribution in [0.3, 0.4) is 0 Å². The second kappa shape index (κ2) is 10.8. The molecule has 31 heavy (non-hydrogen) atoms. The van der Waals surface area contributed by atoms with Crippen molar-refractivity contribution in [2.45, 2.75) is 39.2 Å². The zero-order valence-electron chi connectivity index (χ0n) is 19.5. The highest BCUT2D eigenvalue weighted by Gasteiger charge is 2.31. The smallest absolute Gasteiger partial charge is 0.0560 e. The zero-order chi connectivity index (χ0) is 23.0. The van der Waals surface area contributed by atoms with Crippen LogP contribution in [0.15, 0.2) is 92.6 Å². The van der Waals surface area contributed by atoms with E-state index in [1.165, 1.54) is 11.1 Å². The summed E-state index contributed by atoms with van der Waals surface area (Å²) in [5, 5.41) is 2.09. The quantitative estimate of drug-likeness (QED) is 0.304. The Morgan fingerprint density at radius 2 is 1.81 bits per heavy atom. The van der Waals surface area contributed by atoms with Gasteiger partial charge in [0, 0.05) is 19.0 Å². The monoisotopic (exact) mass is 412 g/mol. The minimum atomic E-state index is -0.354. The van der Waals surface area contributed by atoms with Gasteiger partial charge in [0.15, 0.2) is 0 Å². The third-order valence-corrected chi connectivity index (χ3v) is 5.71. The molecule has 0 saturated carbocycles. The predicted octanol–water partition coefficient (Wildman–Crippen LogP) is 7.47. The van der Waals surface area contributed by atoms with E-state index in [0.29, 0.717) is 6.54 Å². The van der Waals surface area contributed by atoms with Crippen LogP contribution in [0.5, 0.6) is 0 Å². The molecule has 0 bridgehead atoms. The lowest BCUT2D eigenvalue weighted by Gasteiger charge is -2.35. The first-order valence-corrected chi connectivity index (χ1v) is 10.7. The lowest BCUT2D eigenvalue weighted by atomic mass is 9.72. The Morgan fingerprint density at radius 1 is 1.10 bits per heavy atom. The summed E-state index contributed by atoms with van der Waals surface area (Å²) in [6, 6.07) is 15.0. The van der Waals surface area contributed by atoms with Gasteiger partial charge in [0.2, 0.25) is 0 Å². The zero-order valence-corrected chi connectivity index (χ0v) is 19.5. The molecule has 1 N–H and O–H groups in total. The van der Waals surface area contributed by atoms with Crippen LogP contribution in [0.1, 0.15) is 49.4 Å². The van der Waals surface area contributed by atoms with Crippen LogP contribution >= 0.6 is 0 Å². The van der Waals surface area contributed by atoms with Crippen molar-refractivity contribution in [3.05, 3.63) is 115 Å². The van der Waals surface area contributed by atoms with Crippen molar-refractivity contribution in [2.24, 2.45) is 0 Å². The molecule has 0 saturated heterocycles. The van der Waals surface area contributed by atoms with Gasteiger partial charge in [-0.05, 0) is 61.6 Å². The second-order valence-electron chi connectivity index (χ2n) is 8.10. The number of nitrogens with zero attached hydrogens (tertiary/aromatic N) is 1. The van der Waals surface area contributed by atoms with Crippen molar-refractivity contribution in [2.75, 3.05) is 12.1 Å². The molecule has 0 amide bonds. The summed E-state index contributed by atoms with van der Waals surface area (Å²) in [5.41, 5.74) is 11.1. The van der Waals surface area contributed by atoms with E-state index in [1.807, 2.05) is 26.0 Å². The van der Waals surface area contributed by atoms with Crippen molar-refractivity contribution in [3.63, 3.8) is 0 Å². The van der Waals surface area contributed by atoms with Crippen LogP contribution < -0.4 is 10.4 Å². The maximum atomic E-state index is 4.27. The van der Waals surface area contributed by atoms with Crippen molar-refractivity contribution in [3.8, 4) is 0 Å². The number of para-hydroxylation sites is 1. The first kappa shape index (κ1) is 24.2. The van der Waals surface area contributed by atoms with Crippen LogP contribution in [0.4, 0.5) is 5.69 Å². The Labute approximate surface area is 189 Å². The molecule has 0 heterocycles. The SMILES string of the molecule is C=CCC(C=C)(C(=C)C)c1ccccc1N(C)NCc1cc(C=CC)cc(C(=C)C)c1. The van der Waals surface area contributed by atoms with Crippen LogP contribution in [-0.4, -0.2) is 7.05 Å². The molecule has 0 spiro atoms. The number of anilines is 1. The molecule has 2 aromatic carbocycles. The highest BCUT2D eigenvalue weighted by atomic mass is 15.5. The van der Waals surface area contributed by atoms with Crippen molar-refractivity contribution in [1.29, 1.82) is 0 Å². The van der Waals surface area contributed by atoms with E-state index < -0.39 is 0 Å². The van der Waals surface area contributed by atoms with Crippen molar-refractivity contribution in [1.82, 2.24) is 5.43 Å². The van der Waals surface area contributed by atoms with E-state index in [2.05, 4.69) is 105 Å². The topological polar surface area (TPSA) is 15.3 Å². The van der Waals surface area contributed by atoms with Crippen LogP contribution in [-0.2, 0) is 12.0 Å². The lowest BCUT2D eigenvalue weighted by molar-refractivity contribution is 0.622. The fourth-order valence-corrected chi connectivity index (χ4v) is 3.90. The van der Waals surface area contributed by atoms with E-state index in [9.17, 15) is 0 Å². The molecule has 162 valence electrons. The van der Waals surface area contributed by atoms with Gasteiger partial charge in [-0.1, -0.05) is 78.9 Å². The summed E-state index contributed by atoms with van der Waals surface area (Å²) in [6.07, 6.45) is 8.86. The number of rotatable bonds is 11. The Morgan fingerprint density at radius 3 is 2.39 bits per heavy atom. The normalized spacial score (nSPS) is 12.9. The Bertz CT molecular complexity index is 996. The number of allylic oxidation sites excluding steroid dienone is 5. The highest BCUT2D eigenvalue weighted by molar-refractivity contribution is 5.66. The summed E-state index contributed by atoms with van der Waals surface area (Å²) in [5.74, 6) is 0. The van der Waals surface area contributed by atoms with Gasteiger partial charge in [0.05, 0.1) is 5.69 Å². The standard InChI is InChI=1S/C29H36N2/c1-9-14-24-18-25(20-26(19-24)22(4)5)21-30-31(8)28-16-13-12-15-27(28)29(11-3,17-10-2)23(6)7/h9-16,18-20,30H,2-4,6,17,21H2,1,5,7-8H3. The summed E-state index contributed by atoms with van der Waals surface area (Å²) in [7, 11) is 2.05. The lowest BCUT2D eigenvalue weighted by Crippen LogP contribution is -2.36. The maximum Gasteiger partial charge on any atom is 0.0560 e. The second-order valence-corrected chi connectivity index (χ2v) is 8.10. The first-order valence-electron chi connectivity index (χ1n) is 10.7. The van der Waals surface area contributed by atoms with Crippen molar-refractivity contribution < 1.29 is 0 Å². The van der Waals surface area contributed by atoms with E-state index in [0.717, 1.165) is 34.4 Å². The maximum absolute atomic E-state index is 4.27. The molecule has 0 aliphatic heterocycles. The molecule has 0 fully saturated rings. The average Bonchev–Trinajstić information content (AvgIpc) is 2.75. The van der Waals surface area contributed by atoms with Crippen molar-refractivity contribution >= 4 is 17.3 Å². The molecule has 2 heteroatoms. The minimum absolute atomic E-state index is 0.354. The molecule has 0 radical (unpaired) electrons. The van der Waals surface area contributed by atoms with Gasteiger partial charge in [-0.25, -0.2) is 5.43 Å².